The molecule has 0 fully saturated rings. The summed E-state index contributed by atoms with van der Waals surface area (Å²) >= 11 is 0. The number of aromatic nitrogens is 4. The molecule has 0 aliphatic rings. The first-order chi connectivity index (χ1) is 19.6. The van der Waals surface area contributed by atoms with Crippen LogP contribution < -0.4 is 5.56 Å². The van der Waals surface area contributed by atoms with E-state index in [1.54, 1.807) is 22.8 Å². The van der Waals surface area contributed by atoms with Gasteiger partial charge in [0.25, 0.3) is 5.56 Å². The van der Waals surface area contributed by atoms with Gasteiger partial charge in [-0.3, -0.25) is 9.36 Å². The predicted octanol–water partition coefficient (Wildman–Crippen LogP) is 8.20. The molecule has 5 aromatic rings. The van der Waals surface area contributed by atoms with Gasteiger partial charge in [-0.2, -0.15) is 4.98 Å². The minimum atomic E-state index is -0.642. The average molecular weight is 549 g/mol. The highest BCUT2D eigenvalue weighted by atomic mass is 16.6. The lowest BCUT2D eigenvalue weighted by Crippen LogP contribution is -2.17. The van der Waals surface area contributed by atoms with Crippen LogP contribution in [-0.4, -0.2) is 31.9 Å². The Labute approximate surface area is 237 Å². The Morgan fingerprint density at radius 1 is 0.850 bits per heavy atom. The number of hydrogen-bond acceptors (Lipinski definition) is 6. The lowest BCUT2D eigenvalue weighted by Gasteiger charge is -2.09. The highest BCUT2D eigenvalue weighted by Gasteiger charge is 2.18. The number of pyridine rings is 1. The summed E-state index contributed by atoms with van der Waals surface area (Å²) in [5.74, 6) is -0.554. The number of aryl methyl sites for hydroxylation is 1. The summed E-state index contributed by atoms with van der Waals surface area (Å²) in [5.41, 5.74) is 4.11. The third-order valence-corrected chi connectivity index (χ3v) is 5.37. The van der Waals surface area contributed by atoms with E-state index in [4.69, 9.17) is 9.26 Å². The molecule has 3 heterocycles. The van der Waals surface area contributed by atoms with Gasteiger partial charge in [-0.05, 0) is 42.8 Å². The normalized spacial score (nSPS) is 9.65. The molecule has 5 rings (SSSR count). The Morgan fingerprint density at radius 3 is 2.10 bits per heavy atom. The van der Waals surface area contributed by atoms with E-state index in [9.17, 15) is 9.59 Å². The average Bonchev–Trinajstić information content (AvgIpc) is 3.64. The van der Waals surface area contributed by atoms with Gasteiger partial charge in [0, 0.05) is 29.8 Å². The standard InChI is InChI=1S/C24H20N4O4.4C2H6/c1-3-14-31-24(30)23-25-22(26-32-23)15-8-10-16(11-9-15)28-20(29)13-12-19-21(28)17-6-4-5-7-18(17)27(19)2;4*1-2/h4-13H,3,14H2,1-2H3;4*1-2H3. The van der Waals surface area contributed by atoms with Crippen LogP contribution in [0.4, 0.5) is 0 Å². The molecule has 0 atom stereocenters. The van der Waals surface area contributed by atoms with Crippen molar-refractivity contribution in [2.24, 2.45) is 7.05 Å². The Bertz CT molecular complexity index is 1510. The quantitative estimate of drug-likeness (QED) is 0.206. The molecule has 3 aromatic heterocycles. The van der Waals surface area contributed by atoms with E-state index >= 15 is 0 Å². The molecule has 0 aliphatic heterocycles. The van der Waals surface area contributed by atoms with Gasteiger partial charge < -0.3 is 13.8 Å². The molecule has 40 heavy (non-hydrogen) atoms. The van der Waals surface area contributed by atoms with Crippen molar-refractivity contribution in [2.45, 2.75) is 68.7 Å². The maximum atomic E-state index is 12.9. The topological polar surface area (TPSA) is 92.2 Å². The van der Waals surface area contributed by atoms with E-state index in [0.717, 1.165) is 21.9 Å². The summed E-state index contributed by atoms with van der Waals surface area (Å²) < 4.78 is 13.8. The Kier molecular flexibility index (Phi) is 14.7. The van der Waals surface area contributed by atoms with E-state index in [-0.39, 0.29) is 17.3 Å². The van der Waals surface area contributed by atoms with Crippen LogP contribution in [0, 0.1) is 0 Å². The number of esters is 1. The Morgan fingerprint density at radius 2 is 1.48 bits per heavy atom. The molecule has 0 amide bonds. The number of hydrogen-bond donors (Lipinski definition) is 0. The van der Waals surface area contributed by atoms with Crippen LogP contribution in [0.5, 0.6) is 0 Å². The van der Waals surface area contributed by atoms with Gasteiger partial charge in [0.2, 0.25) is 5.82 Å². The first-order valence-electron chi connectivity index (χ1n) is 14.3. The van der Waals surface area contributed by atoms with Crippen molar-refractivity contribution in [3.05, 3.63) is 76.9 Å². The highest BCUT2D eigenvalue weighted by Crippen LogP contribution is 2.29. The third-order valence-electron chi connectivity index (χ3n) is 5.37. The summed E-state index contributed by atoms with van der Waals surface area (Å²) in [5, 5.41) is 4.87. The number of ether oxygens (including phenoxy) is 1. The lowest BCUT2D eigenvalue weighted by molar-refractivity contribution is 0.0449. The number of nitrogens with zero attached hydrogens (tertiary/aromatic N) is 4. The number of carbonyl (C=O) groups is 1. The first-order valence-corrected chi connectivity index (χ1v) is 14.3. The zero-order valence-electron chi connectivity index (χ0n) is 25.6. The van der Waals surface area contributed by atoms with Gasteiger partial charge >= 0.3 is 11.9 Å². The minimum absolute atomic E-state index is 0.123. The van der Waals surface area contributed by atoms with Crippen molar-refractivity contribution in [3.63, 3.8) is 0 Å². The van der Waals surface area contributed by atoms with Gasteiger partial charge in [0.05, 0.1) is 23.2 Å². The summed E-state index contributed by atoms with van der Waals surface area (Å²) in [7, 11) is 1.99. The SMILES string of the molecule is CC.CC.CC.CC.CCCOC(=O)c1nc(-c2ccc(-n3c(=O)ccc4c3c3ccccc3n4C)cc2)no1. The number of rotatable bonds is 5. The number of para-hydroxylation sites is 1. The summed E-state index contributed by atoms with van der Waals surface area (Å²) in [6.07, 6.45) is 0.705. The van der Waals surface area contributed by atoms with E-state index in [1.165, 1.54) is 0 Å². The Balaban J connectivity index is 0.000000921. The molecule has 0 aliphatic carbocycles. The van der Waals surface area contributed by atoms with Gasteiger partial charge in [-0.25, -0.2) is 4.79 Å². The van der Waals surface area contributed by atoms with E-state index < -0.39 is 5.97 Å². The molecule has 0 bridgehead atoms. The largest absolute Gasteiger partial charge is 0.459 e. The summed E-state index contributed by atoms with van der Waals surface area (Å²) in [4.78, 5) is 28.9. The molecule has 2 aromatic carbocycles. The first kappa shape index (κ1) is 33.8. The third kappa shape index (κ3) is 7.25. The van der Waals surface area contributed by atoms with Gasteiger partial charge in [-0.15, -0.1) is 0 Å². The zero-order valence-corrected chi connectivity index (χ0v) is 25.6. The number of fused-ring (bicyclic) bond motifs is 3. The molecule has 0 spiro atoms. The maximum absolute atomic E-state index is 12.9. The van der Waals surface area contributed by atoms with E-state index in [2.05, 4.69) is 14.7 Å². The van der Waals surface area contributed by atoms with Crippen molar-refractivity contribution in [1.29, 1.82) is 0 Å². The molecule has 0 saturated carbocycles. The second-order valence-electron chi connectivity index (χ2n) is 7.42. The van der Waals surface area contributed by atoms with E-state index in [0.29, 0.717) is 24.3 Å². The molecular weight excluding hydrogens is 504 g/mol. The molecule has 0 N–H and O–H groups in total. The van der Waals surface area contributed by atoms with Gasteiger partial charge in [0.1, 0.15) is 0 Å². The Hall–Kier alpha value is -4.20. The smallest absolute Gasteiger partial charge is 0.397 e. The second-order valence-corrected chi connectivity index (χ2v) is 7.42. The predicted molar refractivity (Wildman–Crippen MR) is 165 cm³/mol. The number of benzene rings is 2. The molecule has 0 saturated heterocycles. The van der Waals surface area contributed by atoms with Crippen molar-refractivity contribution in [1.82, 2.24) is 19.3 Å². The van der Waals surface area contributed by atoms with Crippen molar-refractivity contribution in [2.75, 3.05) is 6.61 Å². The molecule has 0 unspecified atom stereocenters. The summed E-state index contributed by atoms with van der Waals surface area (Å²) in [6.45, 7) is 18.2. The van der Waals surface area contributed by atoms with Crippen molar-refractivity contribution < 1.29 is 14.1 Å². The molecule has 216 valence electrons. The maximum Gasteiger partial charge on any atom is 0.397 e. The zero-order chi connectivity index (χ0) is 30.2. The van der Waals surface area contributed by atoms with Crippen LogP contribution in [0.2, 0.25) is 0 Å². The van der Waals surface area contributed by atoms with Crippen LogP contribution in [0.3, 0.4) is 0 Å². The minimum Gasteiger partial charge on any atom is -0.459 e. The van der Waals surface area contributed by atoms with Crippen molar-refractivity contribution in [3.8, 4) is 17.1 Å². The van der Waals surface area contributed by atoms with Crippen LogP contribution >= 0.6 is 0 Å². The fraction of sp³-hybridized carbons (Fsp3) is 0.375. The molecule has 0 radical (unpaired) electrons. The number of carbonyl (C=O) groups excluding carboxylic acids is 1. The monoisotopic (exact) mass is 548 g/mol. The van der Waals surface area contributed by atoms with Gasteiger partial charge in [0.15, 0.2) is 0 Å². The molecule has 8 nitrogen and oxygen atoms in total. The van der Waals surface area contributed by atoms with Crippen LogP contribution in [0.15, 0.2) is 70.0 Å². The molecule has 8 heteroatoms. The fourth-order valence-corrected chi connectivity index (χ4v) is 3.85. The van der Waals surface area contributed by atoms with E-state index in [1.807, 2.05) is 112 Å². The van der Waals surface area contributed by atoms with Crippen LogP contribution in [0.25, 0.3) is 39.0 Å². The highest BCUT2D eigenvalue weighted by molar-refractivity contribution is 6.06. The summed E-state index contributed by atoms with van der Waals surface area (Å²) in [6, 6.07) is 18.6. The van der Waals surface area contributed by atoms with Crippen LogP contribution in [-0.2, 0) is 11.8 Å². The fourth-order valence-electron chi connectivity index (χ4n) is 3.85. The second kappa shape index (κ2) is 17.4. The molecular formula is C32H44N4O4. The lowest BCUT2D eigenvalue weighted by atomic mass is 10.1. The van der Waals surface area contributed by atoms with Crippen molar-refractivity contribution >= 4 is 27.9 Å². The van der Waals surface area contributed by atoms with Crippen LogP contribution in [0.1, 0.15) is 79.4 Å². The van der Waals surface area contributed by atoms with Gasteiger partial charge in [-0.1, -0.05) is 85.7 Å².